The molecule has 2 heterocycles. The lowest BCUT2D eigenvalue weighted by molar-refractivity contribution is -0.143. The lowest BCUT2D eigenvalue weighted by Gasteiger charge is -2.13. The van der Waals surface area contributed by atoms with Gasteiger partial charge in [-0.25, -0.2) is 0 Å². The van der Waals surface area contributed by atoms with E-state index < -0.39 is 5.91 Å². The number of halogens is 3. The third-order valence-electron chi connectivity index (χ3n) is 4.98. The van der Waals surface area contributed by atoms with Gasteiger partial charge in [0.15, 0.2) is 0 Å². The summed E-state index contributed by atoms with van der Waals surface area (Å²) in [7, 11) is 0. The van der Waals surface area contributed by atoms with Crippen LogP contribution < -0.4 is 0 Å². The minimum absolute atomic E-state index is 0.0381. The number of nitrogens with zero attached hydrogens (tertiary/aromatic N) is 2. The molecule has 1 saturated heterocycles. The predicted octanol–water partition coefficient (Wildman–Crippen LogP) is 6.51. The van der Waals surface area contributed by atoms with E-state index in [0.29, 0.717) is 32.7 Å². The Morgan fingerprint density at radius 1 is 1.18 bits per heavy atom. The fourth-order valence-corrected chi connectivity index (χ4v) is 5.14. The van der Waals surface area contributed by atoms with Gasteiger partial charge < -0.3 is 9.30 Å². The molecule has 1 aliphatic heterocycles. The standard InChI is InChI=1S/C23H17BrCl2N2O4S/c1-2-32-21(29)12-27-10-14(17-8-15(24)4-6-19(17)27)7-20-22(30)28(23(31)33-20)11-13-3-5-16(25)9-18(13)26/h3-10H,2,11-12H2,1H3/b20-7-. The van der Waals surface area contributed by atoms with Gasteiger partial charge in [-0.3, -0.25) is 19.3 Å². The number of carbonyl (C=O) groups is 3. The zero-order valence-corrected chi connectivity index (χ0v) is 21.2. The van der Waals surface area contributed by atoms with E-state index in [1.165, 1.54) is 0 Å². The van der Waals surface area contributed by atoms with Crippen molar-refractivity contribution in [2.24, 2.45) is 0 Å². The summed E-state index contributed by atoms with van der Waals surface area (Å²) in [5.41, 5.74) is 2.15. The molecule has 0 unspecified atom stereocenters. The van der Waals surface area contributed by atoms with Crippen molar-refractivity contribution >= 4 is 85.0 Å². The molecule has 1 fully saturated rings. The number of imide groups is 1. The van der Waals surface area contributed by atoms with Crippen molar-refractivity contribution in [3.05, 3.63) is 73.1 Å². The molecular formula is C23H17BrCl2N2O4S. The van der Waals surface area contributed by atoms with Crippen molar-refractivity contribution in [2.45, 2.75) is 20.0 Å². The molecule has 10 heteroatoms. The molecule has 2 aromatic carbocycles. The average molecular weight is 568 g/mol. The monoisotopic (exact) mass is 566 g/mol. The molecule has 1 aromatic heterocycles. The fourth-order valence-electron chi connectivity index (χ4n) is 3.49. The number of aromatic nitrogens is 1. The molecule has 170 valence electrons. The minimum atomic E-state index is -0.405. The van der Waals surface area contributed by atoms with E-state index in [0.717, 1.165) is 32.0 Å². The van der Waals surface area contributed by atoms with E-state index in [4.69, 9.17) is 27.9 Å². The number of rotatable bonds is 6. The van der Waals surface area contributed by atoms with Gasteiger partial charge in [-0.05, 0) is 60.7 Å². The number of carbonyl (C=O) groups excluding carboxylic acids is 3. The number of thioether (sulfide) groups is 1. The Morgan fingerprint density at radius 3 is 2.70 bits per heavy atom. The van der Waals surface area contributed by atoms with Crippen LogP contribution in [0.25, 0.3) is 17.0 Å². The van der Waals surface area contributed by atoms with E-state index in [2.05, 4.69) is 15.9 Å². The number of hydrogen-bond donors (Lipinski definition) is 0. The topological polar surface area (TPSA) is 68.6 Å². The predicted molar refractivity (Wildman–Crippen MR) is 134 cm³/mol. The zero-order valence-electron chi connectivity index (χ0n) is 17.3. The van der Waals surface area contributed by atoms with Crippen molar-refractivity contribution in [1.29, 1.82) is 0 Å². The van der Waals surface area contributed by atoms with Crippen LogP contribution in [-0.4, -0.2) is 33.2 Å². The normalized spacial score (nSPS) is 15.2. The maximum atomic E-state index is 13.0. The Kier molecular flexibility index (Phi) is 7.19. The maximum Gasteiger partial charge on any atom is 0.325 e. The number of amides is 2. The van der Waals surface area contributed by atoms with Gasteiger partial charge in [-0.2, -0.15) is 0 Å². The Hall–Kier alpha value is -2.26. The third kappa shape index (κ3) is 5.14. The second-order valence-corrected chi connectivity index (χ2v) is 9.93. The van der Waals surface area contributed by atoms with Gasteiger partial charge in [-0.15, -0.1) is 0 Å². The van der Waals surface area contributed by atoms with Crippen LogP contribution >= 0.6 is 50.9 Å². The van der Waals surface area contributed by atoms with Gasteiger partial charge in [0.05, 0.1) is 18.1 Å². The van der Waals surface area contributed by atoms with Crippen LogP contribution in [0.4, 0.5) is 4.79 Å². The fraction of sp³-hybridized carbons (Fsp3) is 0.174. The van der Waals surface area contributed by atoms with Crippen LogP contribution in [0.2, 0.25) is 10.0 Å². The van der Waals surface area contributed by atoms with E-state index in [-0.39, 0.29) is 24.3 Å². The van der Waals surface area contributed by atoms with Crippen LogP contribution in [0.15, 0.2) is 52.0 Å². The third-order valence-corrected chi connectivity index (χ3v) is 6.97. The molecule has 0 aliphatic carbocycles. The molecule has 0 bridgehead atoms. The Morgan fingerprint density at radius 2 is 1.97 bits per heavy atom. The molecule has 2 amide bonds. The summed E-state index contributed by atoms with van der Waals surface area (Å²) in [6.45, 7) is 2.13. The van der Waals surface area contributed by atoms with Crippen molar-refractivity contribution in [3.8, 4) is 0 Å². The molecule has 4 rings (SSSR count). The second kappa shape index (κ2) is 9.93. The highest BCUT2D eigenvalue weighted by atomic mass is 79.9. The van der Waals surface area contributed by atoms with Crippen molar-refractivity contribution < 1.29 is 19.1 Å². The molecule has 0 N–H and O–H groups in total. The molecule has 0 saturated carbocycles. The molecule has 0 atom stereocenters. The van der Waals surface area contributed by atoms with Gasteiger partial charge in [-0.1, -0.05) is 45.2 Å². The van der Waals surface area contributed by atoms with Crippen LogP contribution in [0, 0.1) is 0 Å². The average Bonchev–Trinajstić information content (AvgIpc) is 3.21. The number of benzene rings is 2. The summed E-state index contributed by atoms with van der Waals surface area (Å²) in [4.78, 5) is 39.1. The van der Waals surface area contributed by atoms with Gasteiger partial charge in [0.25, 0.3) is 11.1 Å². The Labute approximate surface area is 212 Å². The Bertz CT molecular complexity index is 1320. The van der Waals surface area contributed by atoms with E-state index in [9.17, 15) is 14.4 Å². The van der Waals surface area contributed by atoms with Gasteiger partial charge in [0.2, 0.25) is 0 Å². The number of esters is 1. The highest BCUT2D eigenvalue weighted by Crippen LogP contribution is 2.36. The first kappa shape index (κ1) is 23.9. The number of fused-ring (bicyclic) bond motifs is 1. The van der Waals surface area contributed by atoms with Crippen LogP contribution in [0.3, 0.4) is 0 Å². The van der Waals surface area contributed by atoms with Gasteiger partial charge in [0.1, 0.15) is 6.54 Å². The zero-order chi connectivity index (χ0) is 23.7. The molecule has 0 radical (unpaired) electrons. The number of hydrogen-bond acceptors (Lipinski definition) is 5. The highest BCUT2D eigenvalue weighted by molar-refractivity contribution is 9.10. The highest BCUT2D eigenvalue weighted by Gasteiger charge is 2.35. The van der Waals surface area contributed by atoms with Crippen molar-refractivity contribution in [2.75, 3.05) is 6.61 Å². The summed E-state index contributed by atoms with van der Waals surface area (Å²) >= 11 is 16.5. The smallest absolute Gasteiger partial charge is 0.325 e. The van der Waals surface area contributed by atoms with E-state index in [1.54, 1.807) is 42.0 Å². The van der Waals surface area contributed by atoms with Crippen molar-refractivity contribution in [3.63, 3.8) is 0 Å². The lowest BCUT2D eigenvalue weighted by Crippen LogP contribution is -2.27. The lowest BCUT2D eigenvalue weighted by atomic mass is 10.1. The second-order valence-electron chi connectivity index (χ2n) is 7.18. The van der Waals surface area contributed by atoms with E-state index in [1.807, 2.05) is 18.2 Å². The molecule has 0 spiro atoms. The SMILES string of the molecule is CCOC(=O)Cn1cc(/C=C2\SC(=O)N(Cc3ccc(Cl)cc3Cl)C2=O)c2cc(Br)ccc21. The molecule has 1 aliphatic rings. The first-order chi connectivity index (χ1) is 15.8. The summed E-state index contributed by atoms with van der Waals surface area (Å²) in [6, 6.07) is 10.6. The summed E-state index contributed by atoms with van der Waals surface area (Å²) in [6.07, 6.45) is 3.45. The summed E-state index contributed by atoms with van der Waals surface area (Å²) < 4.78 is 7.69. The van der Waals surface area contributed by atoms with Gasteiger partial charge >= 0.3 is 5.97 Å². The van der Waals surface area contributed by atoms with Crippen LogP contribution in [0.5, 0.6) is 0 Å². The number of ether oxygens (including phenoxy) is 1. The van der Waals surface area contributed by atoms with Crippen molar-refractivity contribution in [1.82, 2.24) is 9.47 Å². The van der Waals surface area contributed by atoms with E-state index >= 15 is 0 Å². The Balaban J connectivity index is 1.66. The summed E-state index contributed by atoms with van der Waals surface area (Å²) in [5, 5.41) is 1.32. The molecular weight excluding hydrogens is 551 g/mol. The first-order valence-electron chi connectivity index (χ1n) is 9.90. The summed E-state index contributed by atoms with van der Waals surface area (Å²) in [5.74, 6) is -0.763. The molecule has 33 heavy (non-hydrogen) atoms. The van der Waals surface area contributed by atoms with Gasteiger partial charge in [0, 0.05) is 37.2 Å². The van der Waals surface area contributed by atoms with Crippen LogP contribution in [-0.2, 0) is 27.4 Å². The van der Waals surface area contributed by atoms with Crippen LogP contribution in [0.1, 0.15) is 18.1 Å². The maximum absolute atomic E-state index is 13.0. The quantitative estimate of drug-likeness (QED) is 0.251. The minimum Gasteiger partial charge on any atom is -0.465 e. The largest absolute Gasteiger partial charge is 0.465 e. The molecule has 3 aromatic rings. The molecule has 6 nitrogen and oxygen atoms in total. The first-order valence-corrected chi connectivity index (χ1v) is 12.3.